The summed E-state index contributed by atoms with van der Waals surface area (Å²) in [4.78, 5) is 25.9. The lowest BCUT2D eigenvalue weighted by Crippen LogP contribution is -2.53. The van der Waals surface area contributed by atoms with Crippen molar-refractivity contribution in [3.8, 4) is 0 Å². The molecule has 3 rings (SSSR count). The lowest BCUT2D eigenvalue weighted by atomic mass is 9.67. The molecule has 0 unspecified atom stereocenters. The molecule has 2 fully saturated rings. The van der Waals surface area contributed by atoms with E-state index in [-0.39, 0.29) is 11.9 Å². The molecule has 1 aromatic rings. The Balaban J connectivity index is 1.80. The van der Waals surface area contributed by atoms with Crippen LogP contribution in [0.2, 0.25) is 0 Å². The lowest BCUT2D eigenvalue weighted by molar-refractivity contribution is -0.168. The van der Waals surface area contributed by atoms with E-state index in [2.05, 4.69) is 0 Å². The molecule has 102 valence electrons. The van der Waals surface area contributed by atoms with E-state index in [4.69, 9.17) is 0 Å². The number of carbonyl (C=O) groups is 2. The monoisotopic (exact) mass is 279 g/mol. The minimum Gasteiger partial charge on any atom is -0.480 e. The van der Waals surface area contributed by atoms with Gasteiger partial charge in [0.05, 0.1) is 0 Å². The highest BCUT2D eigenvalue weighted by Gasteiger charge is 2.54. The van der Waals surface area contributed by atoms with E-state index >= 15 is 0 Å². The van der Waals surface area contributed by atoms with Gasteiger partial charge >= 0.3 is 5.97 Å². The van der Waals surface area contributed by atoms with E-state index in [1.807, 2.05) is 16.8 Å². The van der Waals surface area contributed by atoms with Crippen molar-refractivity contribution in [2.45, 2.75) is 44.7 Å². The third-order valence-corrected chi connectivity index (χ3v) is 4.94. The topological polar surface area (TPSA) is 57.6 Å². The number of carbonyl (C=O) groups excluding carboxylic acids is 1. The van der Waals surface area contributed by atoms with Crippen LogP contribution in [-0.4, -0.2) is 27.9 Å². The Morgan fingerprint density at radius 3 is 2.58 bits per heavy atom. The van der Waals surface area contributed by atoms with E-state index in [1.165, 1.54) is 0 Å². The van der Waals surface area contributed by atoms with Gasteiger partial charge in [0.25, 0.3) is 0 Å². The highest BCUT2D eigenvalue weighted by molar-refractivity contribution is 7.07. The first-order valence-corrected chi connectivity index (χ1v) is 7.63. The van der Waals surface area contributed by atoms with Gasteiger partial charge in [-0.05, 0) is 48.1 Å². The fraction of sp³-hybridized carbons (Fsp3) is 0.571. The molecule has 0 spiro atoms. The smallest absolute Gasteiger partial charge is 0.319 e. The van der Waals surface area contributed by atoms with Crippen LogP contribution in [0.4, 0.5) is 0 Å². The highest BCUT2D eigenvalue weighted by atomic mass is 32.1. The molecule has 5 heteroatoms. The summed E-state index contributed by atoms with van der Waals surface area (Å²) in [5.41, 5.74) is -0.0244. The molecule has 1 heterocycles. The van der Waals surface area contributed by atoms with E-state index in [1.54, 1.807) is 16.2 Å². The number of amides is 1. The molecule has 1 N–H and O–H groups in total. The number of thiophene rings is 1. The molecule has 0 saturated heterocycles. The molecule has 19 heavy (non-hydrogen) atoms. The van der Waals surface area contributed by atoms with Gasteiger partial charge in [0, 0.05) is 12.6 Å². The van der Waals surface area contributed by atoms with E-state index < -0.39 is 11.4 Å². The van der Waals surface area contributed by atoms with Crippen molar-refractivity contribution in [3.63, 3.8) is 0 Å². The van der Waals surface area contributed by atoms with Gasteiger partial charge < -0.3 is 10.0 Å². The third-order valence-electron chi connectivity index (χ3n) is 4.21. The first kappa shape index (κ1) is 12.7. The van der Waals surface area contributed by atoms with Gasteiger partial charge in [-0.25, -0.2) is 0 Å². The van der Waals surface area contributed by atoms with Crippen LogP contribution < -0.4 is 0 Å². The summed E-state index contributed by atoms with van der Waals surface area (Å²) < 4.78 is 0. The Morgan fingerprint density at radius 2 is 2.16 bits per heavy atom. The Morgan fingerprint density at radius 1 is 1.42 bits per heavy atom. The molecular weight excluding hydrogens is 262 g/mol. The summed E-state index contributed by atoms with van der Waals surface area (Å²) in [5.74, 6) is -1.11. The van der Waals surface area contributed by atoms with E-state index in [9.17, 15) is 14.7 Å². The summed E-state index contributed by atoms with van der Waals surface area (Å²) in [6.07, 6.45) is 3.84. The summed E-state index contributed by atoms with van der Waals surface area (Å²) in [5, 5.41) is 13.4. The van der Waals surface area contributed by atoms with Crippen molar-refractivity contribution in [3.05, 3.63) is 22.4 Å². The second-order valence-electron chi connectivity index (χ2n) is 5.54. The normalized spacial score (nSPS) is 20.6. The molecule has 4 nitrogen and oxygen atoms in total. The number of hydrogen-bond donors (Lipinski definition) is 1. The minimum absolute atomic E-state index is 0.167. The fourth-order valence-corrected chi connectivity index (χ4v) is 3.32. The summed E-state index contributed by atoms with van der Waals surface area (Å²) >= 11 is 1.60. The van der Waals surface area contributed by atoms with E-state index in [0.717, 1.165) is 24.8 Å². The Labute approximate surface area is 116 Å². The van der Waals surface area contributed by atoms with Gasteiger partial charge in [0.15, 0.2) is 0 Å². The first-order valence-electron chi connectivity index (χ1n) is 6.69. The molecular formula is C14H17NO3S. The summed E-state index contributed by atoms with van der Waals surface area (Å²) in [6.45, 7) is 0.558. The molecule has 1 aromatic heterocycles. The van der Waals surface area contributed by atoms with Crippen molar-refractivity contribution in [2.75, 3.05) is 0 Å². The molecule has 0 atom stereocenters. The zero-order chi connectivity index (χ0) is 13.5. The predicted molar refractivity (Wildman–Crippen MR) is 71.8 cm³/mol. The summed E-state index contributed by atoms with van der Waals surface area (Å²) in [6, 6.07) is 2.26. The van der Waals surface area contributed by atoms with Crippen LogP contribution >= 0.6 is 11.3 Å². The second-order valence-corrected chi connectivity index (χ2v) is 6.32. The maximum absolute atomic E-state index is 12.6. The number of aliphatic carboxylic acids is 1. The van der Waals surface area contributed by atoms with Crippen LogP contribution in [0.5, 0.6) is 0 Å². The minimum atomic E-state index is -1.13. The number of hydrogen-bond acceptors (Lipinski definition) is 3. The van der Waals surface area contributed by atoms with Crippen LogP contribution in [0, 0.1) is 5.41 Å². The first-order chi connectivity index (χ1) is 9.13. The second kappa shape index (κ2) is 4.63. The molecule has 0 aliphatic heterocycles. The van der Waals surface area contributed by atoms with Gasteiger partial charge in [-0.1, -0.05) is 6.42 Å². The van der Waals surface area contributed by atoms with Crippen LogP contribution in [0.15, 0.2) is 16.8 Å². The zero-order valence-corrected chi connectivity index (χ0v) is 11.5. The van der Waals surface area contributed by atoms with Crippen molar-refractivity contribution < 1.29 is 14.7 Å². The van der Waals surface area contributed by atoms with Crippen molar-refractivity contribution in [1.82, 2.24) is 4.90 Å². The van der Waals surface area contributed by atoms with Gasteiger partial charge in [-0.15, -0.1) is 0 Å². The quantitative estimate of drug-likeness (QED) is 0.842. The molecule has 0 bridgehead atoms. The number of rotatable bonds is 5. The fourth-order valence-electron chi connectivity index (χ4n) is 2.66. The number of carboxylic acids is 1. The molecule has 2 aliphatic carbocycles. The Kier molecular flexibility index (Phi) is 3.09. The zero-order valence-electron chi connectivity index (χ0n) is 10.7. The highest BCUT2D eigenvalue weighted by Crippen LogP contribution is 2.45. The lowest BCUT2D eigenvalue weighted by Gasteiger charge is -2.40. The maximum Gasteiger partial charge on any atom is 0.319 e. The molecule has 2 saturated carbocycles. The van der Waals surface area contributed by atoms with Gasteiger partial charge in [0.2, 0.25) is 5.91 Å². The number of carboxylic acid groups (broad SMARTS) is 1. The SMILES string of the molecule is O=C(O)C1(C(=O)N(Cc2ccsc2)C2CC2)CCC1. The van der Waals surface area contributed by atoms with E-state index in [0.29, 0.717) is 19.4 Å². The molecule has 2 aliphatic rings. The van der Waals surface area contributed by atoms with Crippen molar-refractivity contribution >= 4 is 23.2 Å². The Hall–Kier alpha value is -1.36. The van der Waals surface area contributed by atoms with Crippen molar-refractivity contribution in [2.24, 2.45) is 5.41 Å². The molecule has 0 aromatic carbocycles. The van der Waals surface area contributed by atoms with Gasteiger partial charge in [0.1, 0.15) is 5.41 Å². The van der Waals surface area contributed by atoms with Crippen LogP contribution in [0.25, 0.3) is 0 Å². The standard InChI is InChI=1S/C14H17NO3S/c16-12(14(13(17)18)5-1-6-14)15(11-2-3-11)8-10-4-7-19-9-10/h4,7,9,11H,1-3,5-6,8H2,(H,17,18). The average Bonchev–Trinajstić information content (AvgIpc) is 3.01. The molecule has 1 amide bonds. The Bertz CT molecular complexity index is 489. The summed E-state index contributed by atoms with van der Waals surface area (Å²) in [7, 11) is 0. The average molecular weight is 279 g/mol. The molecule has 0 radical (unpaired) electrons. The van der Waals surface area contributed by atoms with Gasteiger partial charge in [-0.2, -0.15) is 11.3 Å². The predicted octanol–water partition coefficient (Wildman–Crippen LogP) is 2.49. The van der Waals surface area contributed by atoms with Crippen LogP contribution in [0.3, 0.4) is 0 Å². The largest absolute Gasteiger partial charge is 0.480 e. The maximum atomic E-state index is 12.6. The number of nitrogens with zero attached hydrogens (tertiary/aromatic N) is 1. The van der Waals surface area contributed by atoms with Gasteiger partial charge in [-0.3, -0.25) is 9.59 Å². The third kappa shape index (κ3) is 2.16. The van der Waals surface area contributed by atoms with Crippen LogP contribution in [0.1, 0.15) is 37.7 Å². The van der Waals surface area contributed by atoms with Crippen molar-refractivity contribution in [1.29, 1.82) is 0 Å². The van der Waals surface area contributed by atoms with Crippen LogP contribution in [-0.2, 0) is 16.1 Å².